The van der Waals surface area contributed by atoms with Crippen LogP contribution in [0.4, 0.5) is 4.79 Å². The standard InChI is InChI=1S/C30H31N5O3/c1-31-28(36)23-9-5-8-22(14-23)19-35-29(37)27(34-30(35)38)16-21-10-11-26-25(15-21)24(18-33-26)12-13-32-17-20-6-3-2-4-7-20/h2-11,14-15,18,27,32-33H,12-13,16-17,19H2,1H3,(H,31,36)(H,34,38). The number of carbonyl (C=O) groups is 3. The Morgan fingerprint density at radius 2 is 1.76 bits per heavy atom. The summed E-state index contributed by atoms with van der Waals surface area (Å²) in [7, 11) is 1.56. The lowest BCUT2D eigenvalue weighted by Gasteiger charge is -2.14. The summed E-state index contributed by atoms with van der Waals surface area (Å²) in [4.78, 5) is 42.3. The Labute approximate surface area is 221 Å². The number of amides is 4. The van der Waals surface area contributed by atoms with Gasteiger partial charge in [-0.2, -0.15) is 0 Å². The second kappa shape index (κ2) is 11.3. The van der Waals surface area contributed by atoms with Gasteiger partial charge in [0.15, 0.2) is 0 Å². The van der Waals surface area contributed by atoms with Gasteiger partial charge in [-0.1, -0.05) is 48.5 Å². The first-order valence-corrected chi connectivity index (χ1v) is 12.8. The average Bonchev–Trinajstić information content (AvgIpc) is 3.46. The summed E-state index contributed by atoms with van der Waals surface area (Å²) in [5.74, 6) is -0.478. The predicted octanol–water partition coefficient (Wildman–Crippen LogP) is 3.52. The van der Waals surface area contributed by atoms with Crippen molar-refractivity contribution in [2.45, 2.75) is 32.0 Å². The number of fused-ring (bicyclic) bond motifs is 1. The van der Waals surface area contributed by atoms with Gasteiger partial charge in [-0.15, -0.1) is 0 Å². The van der Waals surface area contributed by atoms with E-state index >= 15 is 0 Å². The van der Waals surface area contributed by atoms with Crippen LogP contribution in [0.1, 0.15) is 32.6 Å². The molecule has 0 radical (unpaired) electrons. The highest BCUT2D eigenvalue weighted by Crippen LogP contribution is 2.23. The molecule has 1 atom stereocenters. The highest BCUT2D eigenvalue weighted by Gasteiger charge is 2.37. The van der Waals surface area contributed by atoms with Crippen LogP contribution in [-0.2, 0) is 30.7 Å². The molecule has 1 aromatic heterocycles. The number of rotatable bonds is 10. The first kappa shape index (κ1) is 25.2. The van der Waals surface area contributed by atoms with Gasteiger partial charge in [0, 0.05) is 42.7 Å². The van der Waals surface area contributed by atoms with Gasteiger partial charge in [0.05, 0.1) is 6.54 Å². The third kappa shape index (κ3) is 5.60. The summed E-state index contributed by atoms with van der Waals surface area (Å²) in [5, 5.41) is 10.0. The van der Waals surface area contributed by atoms with E-state index in [0.717, 1.165) is 41.5 Å². The molecule has 3 aromatic carbocycles. The monoisotopic (exact) mass is 509 g/mol. The molecular weight excluding hydrogens is 478 g/mol. The molecule has 38 heavy (non-hydrogen) atoms. The maximum absolute atomic E-state index is 13.1. The molecule has 1 unspecified atom stereocenters. The zero-order chi connectivity index (χ0) is 26.5. The van der Waals surface area contributed by atoms with E-state index in [0.29, 0.717) is 12.0 Å². The fourth-order valence-electron chi connectivity index (χ4n) is 4.85. The summed E-state index contributed by atoms with van der Waals surface area (Å²) < 4.78 is 0. The van der Waals surface area contributed by atoms with Crippen LogP contribution in [0, 0.1) is 0 Å². The smallest absolute Gasteiger partial charge is 0.325 e. The lowest BCUT2D eigenvalue weighted by atomic mass is 10.0. The van der Waals surface area contributed by atoms with E-state index in [2.05, 4.69) is 39.1 Å². The minimum absolute atomic E-state index is 0.114. The Balaban J connectivity index is 1.22. The van der Waals surface area contributed by atoms with Crippen molar-refractivity contribution >= 4 is 28.7 Å². The lowest BCUT2D eigenvalue weighted by molar-refractivity contribution is -0.127. The normalized spacial score (nSPS) is 15.2. The van der Waals surface area contributed by atoms with Crippen molar-refractivity contribution in [2.75, 3.05) is 13.6 Å². The number of nitrogens with one attached hydrogen (secondary N) is 4. The lowest BCUT2D eigenvalue weighted by Crippen LogP contribution is -2.32. The first-order chi connectivity index (χ1) is 18.5. The second-order valence-corrected chi connectivity index (χ2v) is 9.52. The molecule has 8 heteroatoms. The van der Waals surface area contributed by atoms with Gasteiger partial charge in [-0.25, -0.2) is 4.79 Å². The van der Waals surface area contributed by atoms with Crippen molar-refractivity contribution in [1.82, 2.24) is 25.8 Å². The number of aromatic nitrogens is 1. The average molecular weight is 510 g/mol. The highest BCUT2D eigenvalue weighted by molar-refractivity contribution is 6.04. The molecule has 1 aliphatic heterocycles. The fraction of sp³-hybridized carbons (Fsp3) is 0.233. The molecule has 5 rings (SSSR count). The number of carbonyl (C=O) groups excluding carboxylic acids is 3. The SMILES string of the molecule is CNC(=O)c1cccc(CN2C(=O)NC(Cc3ccc4[nH]cc(CCNCc5ccccc5)c4c3)C2=O)c1. The Kier molecular flexibility index (Phi) is 7.51. The second-order valence-electron chi connectivity index (χ2n) is 9.52. The molecule has 1 aliphatic rings. The zero-order valence-electron chi connectivity index (χ0n) is 21.3. The summed E-state index contributed by atoms with van der Waals surface area (Å²) >= 11 is 0. The first-order valence-electron chi connectivity index (χ1n) is 12.8. The van der Waals surface area contributed by atoms with Crippen LogP contribution in [0.15, 0.2) is 79.0 Å². The van der Waals surface area contributed by atoms with E-state index < -0.39 is 12.1 Å². The summed E-state index contributed by atoms with van der Waals surface area (Å²) in [6.45, 7) is 1.78. The Hall–Kier alpha value is -4.43. The van der Waals surface area contributed by atoms with E-state index in [4.69, 9.17) is 0 Å². The van der Waals surface area contributed by atoms with E-state index in [1.807, 2.05) is 36.5 Å². The number of imide groups is 1. The third-order valence-electron chi connectivity index (χ3n) is 6.88. The number of H-pyrrole nitrogens is 1. The largest absolute Gasteiger partial charge is 0.361 e. The van der Waals surface area contributed by atoms with Crippen LogP contribution in [0.5, 0.6) is 0 Å². The van der Waals surface area contributed by atoms with E-state index in [9.17, 15) is 14.4 Å². The maximum Gasteiger partial charge on any atom is 0.325 e. The van der Waals surface area contributed by atoms with Crippen molar-refractivity contribution in [1.29, 1.82) is 0 Å². The summed E-state index contributed by atoms with van der Waals surface area (Å²) in [6.07, 6.45) is 3.32. The zero-order valence-corrected chi connectivity index (χ0v) is 21.3. The molecule has 4 amide bonds. The van der Waals surface area contributed by atoms with Gasteiger partial charge in [-0.3, -0.25) is 14.5 Å². The number of urea groups is 1. The number of hydrogen-bond donors (Lipinski definition) is 4. The fourth-order valence-corrected chi connectivity index (χ4v) is 4.85. The number of aromatic amines is 1. The minimum Gasteiger partial charge on any atom is -0.361 e. The van der Waals surface area contributed by atoms with Crippen LogP contribution < -0.4 is 16.0 Å². The molecule has 8 nitrogen and oxygen atoms in total. The molecule has 4 aromatic rings. The van der Waals surface area contributed by atoms with Gasteiger partial charge in [0.2, 0.25) is 0 Å². The number of benzene rings is 3. The van der Waals surface area contributed by atoms with Crippen LogP contribution in [0.25, 0.3) is 10.9 Å². The molecule has 0 saturated carbocycles. The molecule has 2 heterocycles. The van der Waals surface area contributed by atoms with Gasteiger partial charge in [0.1, 0.15) is 6.04 Å². The Morgan fingerprint density at radius 3 is 2.58 bits per heavy atom. The predicted molar refractivity (Wildman–Crippen MR) is 147 cm³/mol. The number of hydrogen-bond acceptors (Lipinski definition) is 4. The van der Waals surface area contributed by atoms with Gasteiger partial charge >= 0.3 is 6.03 Å². The van der Waals surface area contributed by atoms with Crippen molar-refractivity contribution in [3.8, 4) is 0 Å². The van der Waals surface area contributed by atoms with Gasteiger partial charge in [0.25, 0.3) is 11.8 Å². The van der Waals surface area contributed by atoms with Crippen molar-refractivity contribution < 1.29 is 14.4 Å². The van der Waals surface area contributed by atoms with Crippen molar-refractivity contribution in [2.24, 2.45) is 0 Å². The van der Waals surface area contributed by atoms with Crippen LogP contribution in [0.2, 0.25) is 0 Å². The topological polar surface area (TPSA) is 106 Å². The minimum atomic E-state index is -0.628. The quantitative estimate of drug-likeness (QED) is 0.194. The van der Waals surface area contributed by atoms with Gasteiger partial charge < -0.3 is 20.9 Å². The molecule has 4 N–H and O–H groups in total. The Morgan fingerprint density at radius 1 is 0.947 bits per heavy atom. The third-order valence-corrected chi connectivity index (χ3v) is 6.88. The highest BCUT2D eigenvalue weighted by atomic mass is 16.2. The van der Waals surface area contributed by atoms with Crippen LogP contribution in [0.3, 0.4) is 0 Å². The van der Waals surface area contributed by atoms with Crippen LogP contribution >= 0.6 is 0 Å². The van der Waals surface area contributed by atoms with E-state index in [1.54, 1.807) is 31.3 Å². The molecule has 0 spiro atoms. The number of nitrogens with zero attached hydrogens (tertiary/aromatic N) is 1. The maximum atomic E-state index is 13.1. The molecule has 1 saturated heterocycles. The van der Waals surface area contributed by atoms with Gasteiger partial charge in [-0.05, 0) is 59.5 Å². The molecule has 194 valence electrons. The van der Waals surface area contributed by atoms with Crippen molar-refractivity contribution in [3.05, 3.63) is 107 Å². The molecular formula is C30H31N5O3. The molecule has 0 bridgehead atoms. The van der Waals surface area contributed by atoms with E-state index in [1.165, 1.54) is 16.0 Å². The summed E-state index contributed by atoms with van der Waals surface area (Å²) in [5.41, 5.74) is 5.70. The molecule has 1 fully saturated rings. The summed E-state index contributed by atoms with van der Waals surface area (Å²) in [6, 6.07) is 22.3. The molecule has 0 aliphatic carbocycles. The Bertz CT molecular complexity index is 1460. The van der Waals surface area contributed by atoms with E-state index in [-0.39, 0.29) is 18.4 Å². The van der Waals surface area contributed by atoms with Crippen LogP contribution in [-0.4, -0.2) is 47.4 Å². The van der Waals surface area contributed by atoms with Crippen molar-refractivity contribution in [3.63, 3.8) is 0 Å².